The average molecular weight is 301 g/mol. The molecule has 0 bridgehead atoms. The van der Waals surface area contributed by atoms with Gasteiger partial charge in [-0.25, -0.2) is 4.79 Å². The Hall–Kier alpha value is -2.59. The van der Waals surface area contributed by atoms with Crippen molar-refractivity contribution in [3.8, 4) is 5.75 Å². The van der Waals surface area contributed by atoms with E-state index in [1.165, 1.54) is 6.07 Å². The molecule has 3 rings (SSSR count). The summed E-state index contributed by atoms with van der Waals surface area (Å²) < 4.78 is 10.4. The largest absolute Gasteiger partial charge is 0.463 e. The first-order valence-electron chi connectivity index (χ1n) is 6.13. The van der Waals surface area contributed by atoms with Crippen LogP contribution in [-0.2, 0) is 0 Å². The van der Waals surface area contributed by atoms with E-state index >= 15 is 0 Å². The molecule has 0 N–H and O–H groups in total. The Bertz CT molecular complexity index is 883. The second-order valence-electron chi connectivity index (χ2n) is 4.32. The lowest BCUT2D eigenvalue weighted by molar-refractivity contribution is 0.0731. The topological polar surface area (TPSA) is 56.5 Å². The Kier molecular flexibility index (Phi) is 3.46. The summed E-state index contributed by atoms with van der Waals surface area (Å²) in [6.07, 6.45) is 1.11. The highest BCUT2D eigenvalue weighted by atomic mass is 35.5. The number of fused-ring (bicyclic) bond motifs is 1. The Balaban J connectivity index is 1.99. The van der Waals surface area contributed by atoms with Crippen LogP contribution in [0.2, 0.25) is 5.02 Å². The Labute approximate surface area is 124 Å². The van der Waals surface area contributed by atoms with Crippen molar-refractivity contribution < 1.29 is 13.9 Å². The normalized spacial score (nSPS) is 10.5. The van der Waals surface area contributed by atoms with Crippen LogP contribution in [0.4, 0.5) is 0 Å². The predicted octanol–water partition coefficient (Wildman–Crippen LogP) is 3.67. The third kappa shape index (κ3) is 2.66. The summed E-state index contributed by atoms with van der Waals surface area (Å²) in [5, 5.41) is 0.767. The number of esters is 1. The molecular weight excluding hydrogens is 292 g/mol. The fraction of sp³-hybridized carbons (Fsp3) is 0. The highest BCUT2D eigenvalue weighted by Gasteiger charge is 2.16. The van der Waals surface area contributed by atoms with Gasteiger partial charge in [-0.2, -0.15) is 0 Å². The zero-order chi connectivity index (χ0) is 14.8. The molecule has 0 aliphatic heterocycles. The van der Waals surface area contributed by atoms with Crippen LogP contribution < -0.4 is 10.2 Å². The van der Waals surface area contributed by atoms with E-state index in [0.29, 0.717) is 16.0 Å². The van der Waals surface area contributed by atoms with E-state index in [2.05, 4.69) is 0 Å². The van der Waals surface area contributed by atoms with Gasteiger partial charge in [0.2, 0.25) is 5.43 Å². The molecule has 4 nitrogen and oxygen atoms in total. The first-order valence-corrected chi connectivity index (χ1v) is 6.51. The summed E-state index contributed by atoms with van der Waals surface area (Å²) >= 11 is 5.81. The molecule has 1 heterocycles. The van der Waals surface area contributed by atoms with Crippen molar-refractivity contribution in [2.75, 3.05) is 0 Å². The SMILES string of the molecule is O=C(Oc1cccc(Cl)c1)c1coc2ccccc2c1=O. The first kappa shape index (κ1) is 13.4. The fourth-order valence-electron chi connectivity index (χ4n) is 1.91. The van der Waals surface area contributed by atoms with Gasteiger partial charge >= 0.3 is 5.97 Å². The standard InChI is InChI=1S/C16H9ClO4/c17-10-4-3-5-11(8-10)21-16(19)13-9-20-14-7-2-1-6-12(14)15(13)18/h1-9H. The molecule has 2 aromatic carbocycles. The lowest BCUT2D eigenvalue weighted by Gasteiger charge is -2.04. The molecule has 0 saturated carbocycles. The van der Waals surface area contributed by atoms with Gasteiger partial charge in [0.05, 0.1) is 5.39 Å². The summed E-state index contributed by atoms with van der Waals surface area (Å²) in [5.41, 5.74) is -0.167. The Morgan fingerprint density at radius 3 is 2.71 bits per heavy atom. The van der Waals surface area contributed by atoms with Crippen LogP contribution in [0.1, 0.15) is 10.4 Å². The minimum Gasteiger partial charge on any atom is -0.463 e. The van der Waals surface area contributed by atoms with Crippen LogP contribution in [0, 0.1) is 0 Å². The molecule has 0 spiro atoms. The summed E-state index contributed by atoms with van der Waals surface area (Å²) in [6, 6.07) is 13.1. The second kappa shape index (κ2) is 5.42. The van der Waals surface area contributed by atoms with Crippen LogP contribution in [0.15, 0.2) is 64.0 Å². The lowest BCUT2D eigenvalue weighted by atomic mass is 10.2. The van der Waals surface area contributed by atoms with Crippen molar-refractivity contribution in [3.63, 3.8) is 0 Å². The summed E-state index contributed by atoms with van der Waals surface area (Å²) in [7, 11) is 0. The van der Waals surface area contributed by atoms with Gasteiger partial charge in [0.1, 0.15) is 23.2 Å². The molecule has 0 fully saturated rings. The van der Waals surface area contributed by atoms with E-state index in [-0.39, 0.29) is 11.3 Å². The van der Waals surface area contributed by atoms with Crippen LogP contribution in [0.3, 0.4) is 0 Å². The zero-order valence-corrected chi connectivity index (χ0v) is 11.5. The number of ether oxygens (including phenoxy) is 1. The lowest BCUT2D eigenvalue weighted by Crippen LogP contribution is -2.19. The van der Waals surface area contributed by atoms with Gasteiger partial charge in [-0.1, -0.05) is 29.8 Å². The molecule has 0 amide bonds. The maximum absolute atomic E-state index is 12.2. The van der Waals surface area contributed by atoms with Crippen LogP contribution in [0.25, 0.3) is 11.0 Å². The van der Waals surface area contributed by atoms with E-state index in [4.69, 9.17) is 20.8 Å². The zero-order valence-electron chi connectivity index (χ0n) is 10.7. The molecule has 0 aliphatic carbocycles. The third-order valence-corrected chi connectivity index (χ3v) is 3.14. The van der Waals surface area contributed by atoms with Crippen molar-refractivity contribution in [2.45, 2.75) is 0 Å². The molecule has 0 radical (unpaired) electrons. The Morgan fingerprint density at radius 1 is 1.10 bits per heavy atom. The van der Waals surface area contributed by atoms with Crippen molar-refractivity contribution in [1.29, 1.82) is 0 Å². The van der Waals surface area contributed by atoms with Crippen molar-refractivity contribution in [3.05, 3.63) is 75.6 Å². The smallest absolute Gasteiger partial charge is 0.350 e. The quantitative estimate of drug-likeness (QED) is 0.535. The average Bonchev–Trinajstić information content (AvgIpc) is 2.48. The highest BCUT2D eigenvalue weighted by molar-refractivity contribution is 6.30. The van der Waals surface area contributed by atoms with Gasteiger partial charge in [-0.15, -0.1) is 0 Å². The molecular formula is C16H9ClO4. The first-order chi connectivity index (χ1) is 10.1. The number of carbonyl (C=O) groups is 1. The number of carbonyl (C=O) groups excluding carboxylic acids is 1. The maximum Gasteiger partial charge on any atom is 0.350 e. The predicted molar refractivity (Wildman–Crippen MR) is 78.9 cm³/mol. The molecule has 104 valence electrons. The summed E-state index contributed by atoms with van der Waals surface area (Å²) in [5.74, 6) is -0.517. The number of hydrogen-bond donors (Lipinski definition) is 0. The van der Waals surface area contributed by atoms with Crippen molar-refractivity contribution in [1.82, 2.24) is 0 Å². The van der Waals surface area contributed by atoms with Gasteiger partial charge in [0, 0.05) is 5.02 Å². The van der Waals surface area contributed by atoms with E-state index in [1.54, 1.807) is 42.5 Å². The van der Waals surface area contributed by atoms with Gasteiger partial charge in [-0.05, 0) is 30.3 Å². The summed E-state index contributed by atoms with van der Waals surface area (Å²) in [4.78, 5) is 24.3. The molecule has 0 aliphatic rings. The van der Waals surface area contributed by atoms with E-state index < -0.39 is 11.4 Å². The van der Waals surface area contributed by atoms with Crippen LogP contribution >= 0.6 is 11.6 Å². The minimum atomic E-state index is -0.781. The molecule has 1 aromatic heterocycles. The van der Waals surface area contributed by atoms with Crippen LogP contribution in [0.5, 0.6) is 5.75 Å². The maximum atomic E-state index is 12.2. The van der Waals surface area contributed by atoms with Crippen molar-refractivity contribution in [2.24, 2.45) is 0 Å². The van der Waals surface area contributed by atoms with E-state index in [0.717, 1.165) is 6.26 Å². The fourth-order valence-corrected chi connectivity index (χ4v) is 2.09. The van der Waals surface area contributed by atoms with Crippen molar-refractivity contribution >= 4 is 28.5 Å². The Morgan fingerprint density at radius 2 is 1.90 bits per heavy atom. The number of rotatable bonds is 2. The molecule has 0 unspecified atom stereocenters. The number of para-hydroxylation sites is 1. The van der Waals surface area contributed by atoms with Gasteiger partial charge < -0.3 is 9.15 Å². The second-order valence-corrected chi connectivity index (χ2v) is 4.76. The molecule has 5 heteroatoms. The number of hydrogen-bond acceptors (Lipinski definition) is 4. The van der Waals surface area contributed by atoms with Gasteiger partial charge in [0.25, 0.3) is 0 Å². The highest BCUT2D eigenvalue weighted by Crippen LogP contribution is 2.18. The van der Waals surface area contributed by atoms with E-state index in [9.17, 15) is 9.59 Å². The monoisotopic (exact) mass is 300 g/mol. The molecule has 0 saturated heterocycles. The third-order valence-electron chi connectivity index (χ3n) is 2.91. The number of benzene rings is 2. The van der Waals surface area contributed by atoms with Gasteiger partial charge in [-0.3, -0.25) is 4.79 Å². The van der Waals surface area contributed by atoms with Gasteiger partial charge in [0.15, 0.2) is 0 Å². The number of halogens is 1. The molecule has 3 aromatic rings. The minimum absolute atomic E-state index is 0.159. The summed E-state index contributed by atoms with van der Waals surface area (Å²) in [6.45, 7) is 0. The molecule has 0 atom stereocenters. The van der Waals surface area contributed by atoms with Crippen LogP contribution in [-0.4, -0.2) is 5.97 Å². The van der Waals surface area contributed by atoms with E-state index in [1.807, 2.05) is 0 Å². The molecule has 21 heavy (non-hydrogen) atoms.